The van der Waals surface area contributed by atoms with E-state index in [4.69, 9.17) is 23.7 Å². The van der Waals surface area contributed by atoms with Crippen molar-refractivity contribution in [2.24, 2.45) is 0 Å². The van der Waals surface area contributed by atoms with Gasteiger partial charge >= 0.3 is 5.97 Å². The highest BCUT2D eigenvalue weighted by atomic mass is 19.1. The minimum Gasteiger partial charge on any atom is -0.479 e. The van der Waals surface area contributed by atoms with E-state index in [1.165, 1.54) is 0 Å². The fourth-order valence-electron chi connectivity index (χ4n) is 5.38. The second-order valence-electron chi connectivity index (χ2n) is 11.0. The van der Waals surface area contributed by atoms with Crippen LogP contribution in [0.5, 0.6) is 0 Å². The van der Waals surface area contributed by atoms with Gasteiger partial charge in [0.25, 0.3) is 0 Å². The zero-order valence-electron chi connectivity index (χ0n) is 25.0. The number of carbonyl (C=O) groups is 1. The molecular formula is C37H39FO7. The maximum absolute atomic E-state index is 14.9. The number of alkyl halides is 1. The smallest absolute Gasteiger partial charge is 0.338 e. The minimum atomic E-state index is -2.15. The molecule has 0 radical (unpaired) electrons. The van der Waals surface area contributed by atoms with Gasteiger partial charge in [0, 0.05) is 6.42 Å². The summed E-state index contributed by atoms with van der Waals surface area (Å²) in [4.78, 5) is 11.6. The van der Waals surface area contributed by atoms with Crippen LogP contribution >= 0.6 is 0 Å². The van der Waals surface area contributed by atoms with E-state index in [2.05, 4.69) is 0 Å². The molecule has 1 heterocycles. The van der Waals surface area contributed by atoms with E-state index in [-0.39, 0.29) is 26.4 Å². The lowest BCUT2D eigenvalue weighted by molar-refractivity contribution is -0.275. The van der Waals surface area contributed by atoms with E-state index < -0.39 is 49.1 Å². The maximum Gasteiger partial charge on any atom is 0.338 e. The Morgan fingerprint density at radius 1 is 0.600 bits per heavy atom. The molecule has 8 heteroatoms. The lowest BCUT2D eigenvalue weighted by atomic mass is 9.91. The number of aliphatic carboxylic acids is 1. The topological polar surface area (TPSA) is 83.5 Å². The van der Waals surface area contributed by atoms with Crippen LogP contribution in [0.25, 0.3) is 0 Å². The van der Waals surface area contributed by atoms with Gasteiger partial charge in [-0.1, -0.05) is 121 Å². The molecule has 1 aliphatic heterocycles. The molecule has 0 bridgehead atoms. The molecule has 5 rings (SSSR count). The molecule has 0 spiro atoms. The summed E-state index contributed by atoms with van der Waals surface area (Å²) in [5, 5.41) is 9.47. The van der Waals surface area contributed by atoms with E-state index in [0.29, 0.717) is 6.61 Å². The molecule has 4 aromatic rings. The molecule has 0 aliphatic carbocycles. The van der Waals surface area contributed by atoms with Gasteiger partial charge in [-0.3, -0.25) is 0 Å². The molecule has 4 aromatic carbocycles. The number of halogens is 1. The molecule has 0 aromatic heterocycles. The average Bonchev–Trinajstić information content (AvgIpc) is 3.08. The second kappa shape index (κ2) is 17.0. The van der Waals surface area contributed by atoms with Crippen LogP contribution in [-0.4, -0.2) is 54.4 Å². The van der Waals surface area contributed by atoms with Gasteiger partial charge in [0.2, 0.25) is 0 Å². The fourth-order valence-corrected chi connectivity index (χ4v) is 5.38. The first-order chi connectivity index (χ1) is 22.1. The summed E-state index contributed by atoms with van der Waals surface area (Å²) in [5.41, 5.74) is 3.79. The molecule has 1 unspecified atom stereocenters. The highest BCUT2D eigenvalue weighted by Crippen LogP contribution is 2.33. The molecule has 0 amide bonds. The molecule has 0 saturated carbocycles. The molecule has 236 valence electrons. The summed E-state index contributed by atoms with van der Waals surface area (Å²) in [6.45, 7) is 1.16. The molecule has 6 atom stereocenters. The van der Waals surface area contributed by atoms with Crippen molar-refractivity contribution in [2.75, 3.05) is 6.61 Å². The number of carboxylic acids is 1. The van der Waals surface area contributed by atoms with Crippen molar-refractivity contribution in [3.8, 4) is 0 Å². The Hall–Kier alpha value is -3.92. The molecule has 1 saturated heterocycles. The number of hydrogen-bond acceptors (Lipinski definition) is 6. The van der Waals surface area contributed by atoms with Crippen molar-refractivity contribution in [3.63, 3.8) is 0 Å². The lowest BCUT2D eigenvalue weighted by Crippen LogP contribution is -2.61. The molecular weight excluding hydrogens is 575 g/mol. The molecule has 45 heavy (non-hydrogen) atoms. The first-order valence-corrected chi connectivity index (χ1v) is 15.2. The minimum absolute atomic E-state index is 0.117. The summed E-state index contributed by atoms with van der Waals surface area (Å²) in [7, 11) is 0. The Balaban J connectivity index is 1.45. The Bertz CT molecular complexity index is 1410. The first-order valence-electron chi connectivity index (χ1n) is 15.2. The predicted octanol–water partition coefficient (Wildman–Crippen LogP) is 6.54. The van der Waals surface area contributed by atoms with Crippen LogP contribution < -0.4 is 0 Å². The second-order valence-corrected chi connectivity index (χ2v) is 11.0. The van der Waals surface area contributed by atoms with E-state index in [0.717, 1.165) is 22.3 Å². The number of carboxylic acid groups (broad SMARTS) is 1. The van der Waals surface area contributed by atoms with Crippen molar-refractivity contribution in [1.82, 2.24) is 0 Å². The third-order valence-corrected chi connectivity index (χ3v) is 7.69. The summed E-state index contributed by atoms with van der Waals surface area (Å²) < 4.78 is 47.0. The number of rotatable bonds is 16. The summed E-state index contributed by atoms with van der Waals surface area (Å²) in [6.07, 6.45) is -6.45. The van der Waals surface area contributed by atoms with Gasteiger partial charge in [-0.25, -0.2) is 9.18 Å². The van der Waals surface area contributed by atoms with Gasteiger partial charge < -0.3 is 28.8 Å². The quantitative estimate of drug-likeness (QED) is 0.153. The van der Waals surface area contributed by atoms with Gasteiger partial charge in [-0.05, 0) is 22.3 Å². The molecule has 1 fully saturated rings. The van der Waals surface area contributed by atoms with Crippen LogP contribution in [0.3, 0.4) is 0 Å². The Kier molecular flexibility index (Phi) is 12.2. The van der Waals surface area contributed by atoms with Crippen molar-refractivity contribution in [1.29, 1.82) is 0 Å². The fraction of sp³-hybridized carbons (Fsp3) is 0.324. The van der Waals surface area contributed by atoms with Gasteiger partial charge in [0.1, 0.15) is 24.4 Å². The van der Waals surface area contributed by atoms with Crippen LogP contribution in [0.1, 0.15) is 28.7 Å². The number of hydrogen-bond donors (Lipinski definition) is 1. The average molecular weight is 615 g/mol. The first kappa shape index (κ1) is 32.5. The molecule has 1 N–H and O–H groups in total. The zero-order chi connectivity index (χ0) is 31.3. The van der Waals surface area contributed by atoms with Gasteiger partial charge in [0.05, 0.1) is 39.1 Å². The van der Waals surface area contributed by atoms with E-state index >= 15 is 0 Å². The van der Waals surface area contributed by atoms with Crippen molar-refractivity contribution < 1.29 is 38.0 Å². The number of benzene rings is 4. The summed E-state index contributed by atoms with van der Waals surface area (Å²) >= 11 is 0. The Labute approximate surface area is 263 Å². The van der Waals surface area contributed by atoms with E-state index in [1.54, 1.807) is 0 Å². The third-order valence-electron chi connectivity index (χ3n) is 7.69. The van der Waals surface area contributed by atoms with Gasteiger partial charge in [-0.2, -0.15) is 0 Å². The lowest BCUT2D eigenvalue weighted by Gasteiger charge is -2.46. The van der Waals surface area contributed by atoms with Crippen LogP contribution in [-0.2, 0) is 54.9 Å². The van der Waals surface area contributed by atoms with E-state index in [1.807, 2.05) is 121 Å². The molecule has 1 aliphatic rings. The standard InChI is InChI=1S/C37H39FO7/c38-31(37(39)40)21-32-34(42-23-28-15-7-2-8-16-28)36(44-25-30-19-11-4-12-20-30)35(43-24-29-17-9-3-10-18-29)33(45-32)26-41-22-27-13-5-1-6-14-27/h1-20,31-36H,21-26H2,(H,39,40)/t31?,32-,33-,34-,35-,36-/m0/s1. The zero-order valence-corrected chi connectivity index (χ0v) is 25.0. The largest absolute Gasteiger partial charge is 0.479 e. The SMILES string of the molecule is O=C(O)C(F)C[C@@H]1O[C@@H](COCc2ccccc2)[C@H](OCc2ccccc2)[C@@H](OCc2ccccc2)[C@H]1OCc1ccccc1. The maximum atomic E-state index is 14.9. The van der Waals surface area contributed by atoms with Crippen LogP contribution in [0, 0.1) is 0 Å². The highest BCUT2D eigenvalue weighted by molar-refractivity contribution is 5.72. The van der Waals surface area contributed by atoms with Gasteiger partial charge in [-0.15, -0.1) is 0 Å². The Morgan fingerprint density at radius 2 is 0.978 bits per heavy atom. The van der Waals surface area contributed by atoms with Crippen LogP contribution in [0.4, 0.5) is 4.39 Å². The third kappa shape index (κ3) is 9.78. The normalized spacial score (nSPS) is 22.1. The molecule has 7 nitrogen and oxygen atoms in total. The monoisotopic (exact) mass is 614 g/mol. The van der Waals surface area contributed by atoms with E-state index in [9.17, 15) is 14.3 Å². The van der Waals surface area contributed by atoms with Crippen molar-refractivity contribution >= 4 is 5.97 Å². The van der Waals surface area contributed by atoms with Crippen LogP contribution in [0.15, 0.2) is 121 Å². The van der Waals surface area contributed by atoms with Crippen molar-refractivity contribution in [3.05, 3.63) is 144 Å². The van der Waals surface area contributed by atoms with Crippen LogP contribution in [0.2, 0.25) is 0 Å². The van der Waals surface area contributed by atoms with Gasteiger partial charge in [0.15, 0.2) is 6.17 Å². The predicted molar refractivity (Wildman–Crippen MR) is 167 cm³/mol. The summed E-state index contributed by atoms with van der Waals surface area (Å²) in [5.74, 6) is -1.55. The Morgan fingerprint density at radius 3 is 1.40 bits per heavy atom. The highest BCUT2D eigenvalue weighted by Gasteiger charge is 2.49. The van der Waals surface area contributed by atoms with Crippen molar-refractivity contribution in [2.45, 2.75) is 69.5 Å². The number of ether oxygens (including phenoxy) is 5. The summed E-state index contributed by atoms with van der Waals surface area (Å²) in [6, 6.07) is 38.8.